The SMILES string of the molecule is CCc1cc(NCCc2nc(C)no2)c2ccccc2n1. The monoisotopic (exact) mass is 282 g/mol. The first-order valence-corrected chi connectivity index (χ1v) is 7.18. The van der Waals surface area contributed by atoms with E-state index in [0.717, 1.165) is 35.2 Å². The number of rotatable bonds is 5. The lowest BCUT2D eigenvalue weighted by molar-refractivity contribution is 0.377. The van der Waals surface area contributed by atoms with Crippen molar-refractivity contribution >= 4 is 16.6 Å². The van der Waals surface area contributed by atoms with Crippen LogP contribution in [0.25, 0.3) is 10.9 Å². The van der Waals surface area contributed by atoms with E-state index in [-0.39, 0.29) is 0 Å². The molecule has 0 atom stereocenters. The molecule has 21 heavy (non-hydrogen) atoms. The van der Waals surface area contributed by atoms with Gasteiger partial charge in [-0.15, -0.1) is 0 Å². The fourth-order valence-electron chi connectivity index (χ4n) is 2.30. The second-order valence-corrected chi connectivity index (χ2v) is 4.94. The third-order valence-electron chi connectivity index (χ3n) is 3.36. The molecule has 5 nitrogen and oxygen atoms in total. The number of para-hydroxylation sites is 1. The van der Waals surface area contributed by atoms with Gasteiger partial charge in [-0.25, -0.2) is 0 Å². The zero-order chi connectivity index (χ0) is 14.7. The molecule has 108 valence electrons. The van der Waals surface area contributed by atoms with Gasteiger partial charge in [0, 0.05) is 29.7 Å². The quantitative estimate of drug-likeness (QED) is 0.779. The van der Waals surface area contributed by atoms with Gasteiger partial charge in [0.25, 0.3) is 0 Å². The molecule has 0 spiro atoms. The molecule has 0 unspecified atom stereocenters. The molecule has 0 amide bonds. The van der Waals surface area contributed by atoms with Crippen molar-refractivity contribution in [2.24, 2.45) is 0 Å². The average molecular weight is 282 g/mol. The van der Waals surface area contributed by atoms with Gasteiger partial charge in [0.15, 0.2) is 5.82 Å². The summed E-state index contributed by atoms with van der Waals surface area (Å²) in [6, 6.07) is 10.3. The van der Waals surface area contributed by atoms with Crippen LogP contribution >= 0.6 is 0 Å². The molecule has 0 saturated heterocycles. The highest BCUT2D eigenvalue weighted by Gasteiger charge is 2.06. The smallest absolute Gasteiger partial charge is 0.228 e. The summed E-state index contributed by atoms with van der Waals surface area (Å²) in [5, 5.41) is 8.38. The maximum absolute atomic E-state index is 5.12. The van der Waals surface area contributed by atoms with Crippen LogP contribution in [0.3, 0.4) is 0 Å². The van der Waals surface area contributed by atoms with E-state index < -0.39 is 0 Å². The van der Waals surface area contributed by atoms with Gasteiger partial charge in [0.1, 0.15) is 0 Å². The largest absolute Gasteiger partial charge is 0.384 e. The number of nitrogens with zero attached hydrogens (tertiary/aromatic N) is 3. The summed E-state index contributed by atoms with van der Waals surface area (Å²) < 4.78 is 5.12. The highest BCUT2D eigenvalue weighted by molar-refractivity contribution is 5.91. The summed E-state index contributed by atoms with van der Waals surface area (Å²) in [4.78, 5) is 8.85. The summed E-state index contributed by atoms with van der Waals surface area (Å²) in [6.07, 6.45) is 1.63. The minimum Gasteiger partial charge on any atom is -0.384 e. The van der Waals surface area contributed by atoms with Gasteiger partial charge in [-0.3, -0.25) is 4.98 Å². The van der Waals surface area contributed by atoms with Gasteiger partial charge >= 0.3 is 0 Å². The molecule has 1 aromatic carbocycles. The van der Waals surface area contributed by atoms with Gasteiger partial charge in [0.05, 0.1) is 5.52 Å². The number of nitrogens with one attached hydrogen (secondary N) is 1. The van der Waals surface area contributed by atoms with Crippen LogP contribution in [0, 0.1) is 6.92 Å². The summed E-state index contributed by atoms with van der Waals surface area (Å²) in [5.41, 5.74) is 3.21. The Morgan fingerprint density at radius 1 is 1.19 bits per heavy atom. The predicted molar refractivity (Wildman–Crippen MR) is 82.3 cm³/mol. The van der Waals surface area contributed by atoms with Crippen LogP contribution in [0.5, 0.6) is 0 Å². The Morgan fingerprint density at radius 2 is 2.05 bits per heavy atom. The van der Waals surface area contributed by atoms with E-state index in [1.54, 1.807) is 0 Å². The third-order valence-corrected chi connectivity index (χ3v) is 3.36. The van der Waals surface area contributed by atoms with Crippen molar-refractivity contribution < 1.29 is 4.52 Å². The Hall–Kier alpha value is -2.43. The number of hydrogen-bond acceptors (Lipinski definition) is 5. The van der Waals surface area contributed by atoms with Crippen molar-refractivity contribution in [3.63, 3.8) is 0 Å². The molecule has 0 bridgehead atoms. The molecular weight excluding hydrogens is 264 g/mol. The molecule has 5 heteroatoms. The maximum Gasteiger partial charge on any atom is 0.228 e. The number of aryl methyl sites for hydroxylation is 2. The Labute approximate surface area is 123 Å². The zero-order valence-electron chi connectivity index (χ0n) is 12.3. The third kappa shape index (κ3) is 3.02. The first-order valence-electron chi connectivity index (χ1n) is 7.18. The maximum atomic E-state index is 5.12. The van der Waals surface area contributed by atoms with Crippen LogP contribution in [0.1, 0.15) is 24.3 Å². The molecule has 0 aliphatic rings. The van der Waals surface area contributed by atoms with Crippen LogP contribution in [0.2, 0.25) is 0 Å². The highest BCUT2D eigenvalue weighted by Crippen LogP contribution is 2.23. The molecule has 0 aliphatic heterocycles. The summed E-state index contributed by atoms with van der Waals surface area (Å²) in [5.74, 6) is 1.33. The van der Waals surface area contributed by atoms with E-state index >= 15 is 0 Å². The Bertz CT molecular complexity index is 751. The number of anilines is 1. The topological polar surface area (TPSA) is 63.8 Å². The first-order chi connectivity index (χ1) is 10.3. The predicted octanol–water partition coefficient (Wildman–Crippen LogP) is 3.14. The molecule has 0 saturated carbocycles. The highest BCUT2D eigenvalue weighted by atomic mass is 16.5. The van der Waals surface area contributed by atoms with Crippen molar-refractivity contribution in [2.75, 3.05) is 11.9 Å². The molecular formula is C16H18N4O. The van der Waals surface area contributed by atoms with Crippen molar-refractivity contribution in [3.05, 3.63) is 47.7 Å². The van der Waals surface area contributed by atoms with E-state index in [2.05, 4.69) is 39.5 Å². The molecule has 2 aromatic heterocycles. The summed E-state index contributed by atoms with van der Waals surface area (Å²) >= 11 is 0. The second kappa shape index (κ2) is 5.91. The van der Waals surface area contributed by atoms with E-state index in [9.17, 15) is 0 Å². The molecule has 0 aliphatic carbocycles. The lowest BCUT2D eigenvalue weighted by Crippen LogP contribution is -2.06. The Morgan fingerprint density at radius 3 is 2.81 bits per heavy atom. The van der Waals surface area contributed by atoms with E-state index in [4.69, 9.17) is 4.52 Å². The van der Waals surface area contributed by atoms with Crippen LogP contribution in [-0.4, -0.2) is 21.7 Å². The molecule has 0 radical (unpaired) electrons. The van der Waals surface area contributed by atoms with Gasteiger partial charge in [-0.1, -0.05) is 30.3 Å². The fraction of sp³-hybridized carbons (Fsp3) is 0.312. The van der Waals surface area contributed by atoms with Crippen molar-refractivity contribution in [3.8, 4) is 0 Å². The second-order valence-electron chi connectivity index (χ2n) is 4.94. The molecule has 3 aromatic rings. The van der Waals surface area contributed by atoms with Crippen molar-refractivity contribution in [1.82, 2.24) is 15.1 Å². The summed E-state index contributed by atoms with van der Waals surface area (Å²) in [7, 11) is 0. The Balaban J connectivity index is 1.79. The minimum absolute atomic E-state index is 0.661. The normalized spacial score (nSPS) is 11.0. The molecule has 1 N–H and O–H groups in total. The van der Waals surface area contributed by atoms with Gasteiger partial charge < -0.3 is 9.84 Å². The number of fused-ring (bicyclic) bond motifs is 1. The fourth-order valence-corrected chi connectivity index (χ4v) is 2.30. The lowest BCUT2D eigenvalue weighted by Gasteiger charge is -2.10. The van der Waals surface area contributed by atoms with Crippen LogP contribution in [-0.2, 0) is 12.8 Å². The number of aromatic nitrogens is 3. The number of benzene rings is 1. The molecule has 2 heterocycles. The lowest BCUT2D eigenvalue weighted by atomic mass is 10.1. The van der Waals surface area contributed by atoms with Gasteiger partial charge in [0.2, 0.25) is 5.89 Å². The van der Waals surface area contributed by atoms with Gasteiger partial charge in [-0.05, 0) is 25.5 Å². The van der Waals surface area contributed by atoms with Gasteiger partial charge in [-0.2, -0.15) is 4.98 Å². The van der Waals surface area contributed by atoms with E-state index in [0.29, 0.717) is 18.1 Å². The van der Waals surface area contributed by atoms with E-state index in [1.807, 2.05) is 25.1 Å². The van der Waals surface area contributed by atoms with Crippen LogP contribution in [0.4, 0.5) is 5.69 Å². The zero-order valence-corrected chi connectivity index (χ0v) is 12.3. The van der Waals surface area contributed by atoms with Crippen molar-refractivity contribution in [1.29, 1.82) is 0 Å². The number of pyridine rings is 1. The average Bonchev–Trinajstić information content (AvgIpc) is 2.92. The number of hydrogen-bond donors (Lipinski definition) is 1. The minimum atomic E-state index is 0.661. The standard InChI is InChI=1S/C16H18N4O/c1-3-12-10-15(13-6-4-5-7-14(13)19-12)17-9-8-16-18-11(2)20-21-16/h4-7,10H,3,8-9H2,1-2H3,(H,17,19). The van der Waals surface area contributed by atoms with Crippen LogP contribution in [0.15, 0.2) is 34.9 Å². The molecule has 0 fully saturated rings. The first kappa shape index (κ1) is 13.5. The Kier molecular flexibility index (Phi) is 3.81. The van der Waals surface area contributed by atoms with Crippen LogP contribution < -0.4 is 5.32 Å². The van der Waals surface area contributed by atoms with E-state index in [1.165, 1.54) is 0 Å². The molecule has 3 rings (SSSR count). The summed E-state index contributed by atoms with van der Waals surface area (Å²) in [6.45, 7) is 4.69. The van der Waals surface area contributed by atoms with Crippen molar-refractivity contribution in [2.45, 2.75) is 26.7 Å².